The molecule has 5 heterocycles. The maximum atomic E-state index is 12.4. The Morgan fingerprint density at radius 1 is 1.00 bits per heavy atom. The Morgan fingerprint density at radius 2 is 1.82 bits per heavy atom. The van der Waals surface area contributed by atoms with E-state index >= 15 is 0 Å². The number of carbonyl (C=O) groups excluding carboxylic acids is 1. The Labute approximate surface area is 226 Å². The third kappa shape index (κ3) is 5.20. The number of para-hydroxylation sites is 1. The van der Waals surface area contributed by atoms with Crippen molar-refractivity contribution >= 4 is 39.3 Å². The van der Waals surface area contributed by atoms with Gasteiger partial charge in [0.15, 0.2) is 11.5 Å². The molecule has 0 bridgehead atoms. The summed E-state index contributed by atoms with van der Waals surface area (Å²) in [6.45, 7) is 10.1. The molecule has 200 valence electrons. The normalized spacial score (nSPS) is 14.8. The molecule has 0 aliphatic carbocycles. The molecule has 6 rings (SSSR count). The molecule has 1 fully saturated rings. The van der Waals surface area contributed by atoms with E-state index in [1.165, 1.54) is 0 Å². The molecule has 0 unspecified atom stereocenters. The first-order chi connectivity index (χ1) is 18.7. The van der Waals surface area contributed by atoms with Gasteiger partial charge in [0, 0.05) is 44.4 Å². The molecule has 5 aromatic rings. The Hall–Kier alpha value is -4.31. The van der Waals surface area contributed by atoms with E-state index in [0.717, 1.165) is 65.2 Å². The number of hydrogen-bond donors (Lipinski definition) is 3. The summed E-state index contributed by atoms with van der Waals surface area (Å²) in [5.41, 5.74) is 7.32. The minimum Gasteiger partial charge on any atom is -0.367 e. The lowest BCUT2D eigenvalue weighted by molar-refractivity contribution is -0.117. The van der Waals surface area contributed by atoms with E-state index in [9.17, 15) is 4.79 Å². The van der Waals surface area contributed by atoms with Crippen molar-refractivity contribution in [2.24, 2.45) is 5.41 Å². The molecule has 1 aromatic carbocycles. The van der Waals surface area contributed by atoms with Crippen LogP contribution in [0.2, 0.25) is 0 Å². The molecule has 0 saturated carbocycles. The molecule has 1 amide bonds. The highest BCUT2D eigenvalue weighted by Gasteiger charge is 2.21. The molecule has 4 aromatic heterocycles. The summed E-state index contributed by atoms with van der Waals surface area (Å²) in [4.78, 5) is 34.9. The fraction of sp³-hybridized carbons (Fsp3) is 0.345. The number of piperazine rings is 1. The lowest BCUT2D eigenvalue weighted by atomic mass is 9.92. The van der Waals surface area contributed by atoms with Crippen LogP contribution < -0.4 is 10.2 Å². The SMILES string of the molecule is CN1CCN(c2cccc3[nH]c(-c4n[nH]c5ccc(-c6cncc(NC(=O)CC(C)(C)C)c6)nc45)nc23)CC1. The van der Waals surface area contributed by atoms with Gasteiger partial charge in [-0.05, 0) is 42.8 Å². The number of nitrogens with one attached hydrogen (secondary N) is 3. The summed E-state index contributed by atoms with van der Waals surface area (Å²) in [5.74, 6) is 0.631. The van der Waals surface area contributed by atoms with Gasteiger partial charge in [-0.15, -0.1) is 0 Å². The number of benzene rings is 1. The number of amides is 1. The third-order valence-corrected chi connectivity index (χ3v) is 6.98. The van der Waals surface area contributed by atoms with Gasteiger partial charge in [0.2, 0.25) is 5.91 Å². The van der Waals surface area contributed by atoms with E-state index in [-0.39, 0.29) is 11.3 Å². The van der Waals surface area contributed by atoms with E-state index < -0.39 is 0 Å². The third-order valence-electron chi connectivity index (χ3n) is 6.98. The largest absolute Gasteiger partial charge is 0.367 e. The lowest BCUT2D eigenvalue weighted by Gasteiger charge is -2.34. The standard InChI is InChI=1S/C29H33N9O/c1-29(2,3)15-24(39)31-19-14-18(16-30-17-19)20-8-9-22-26(32-20)27(36-35-22)28-33-21-6-5-7-23(25(21)34-28)38-12-10-37(4)11-13-38/h5-9,14,16-17H,10-13,15H2,1-4H3,(H,31,39)(H,33,34)(H,35,36). The van der Waals surface area contributed by atoms with Crippen LogP contribution in [-0.4, -0.2) is 74.2 Å². The minimum absolute atomic E-state index is 0.0391. The first-order valence-corrected chi connectivity index (χ1v) is 13.3. The highest BCUT2D eigenvalue weighted by Crippen LogP contribution is 2.32. The number of hydrogen-bond acceptors (Lipinski definition) is 7. The quantitative estimate of drug-likeness (QED) is 0.306. The summed E-state index contributed by atoms with van der Waals surface area (Å²) < 4.78 is 0. The summed E-state index contributed by atoms with van der Waals surface area (Å²) >= 11 is 0. The molecule has 1 saturated heterocycles. The van der Waals surface area contributed by atoms with Crippen molar-refractivity contribution in [2.75, 3.05) is 43.4 Å². The predicted octanol–water partition coefficient (Wildman–Crippen LogP) is 4.69. The van der Waals surface area contributed by atoms with Crippen molar-refractivity contribution in [1.29, 1.82) is 0 Å². The van der Waals surface area contributed by atoms with Crippen molar-refractivity contribution in [3.05, 3.63) is 48.8 Å². The second kappa shape index (κ2) is 9.77. The van der Waals surface area contributed by atoms with Crippen molar-refractivity contribution in [2.45, 2.75) is 27.2 Å². The van der Waals surface area contributed by atoms with Crippen molar-refractivity contribution in [3.8, 4) is 22.8 Å². The zero-order chi connectivity index (χ0) is 27.1. The second-order valence-electron chi connectivity index (χ2n) is 11.5. The van der Waals surface area contributed by atoms with E-state index in [1.54, 1.807) is 12.4 Å². The van der Waals surface area contributed by atoms with Gasteiger partial charge in [-0.3, -0.25) is 14.9 Å². The van der Waals surface area contributed by atoms with Gasteiger partial charge in [0.25, 0.3) is 0 Å². The number of aromatic nitrogens is 6. The van der Waals surface area contributed by atoms with Crippen LogP contribution in [-0.2, 0) is 4.79 Å². The summed E-state index contributed by atoms with van der Waals surface area (Å²) in [6, 6.07) is 12.0. The summed E-state index contributed by atoms with van der Waals surface area (Å²) in [7, 11) is 2.16. The van der Waals surface area contributed by atoms with Crippen molar-refractivity contribution < 1.29 is 4.79 Å². The summed E-state index contributed by atoms with van der Waals surface area (Å²) in [5, 5.41) is 10.6. The zero-order valence-corrected chi connectivity index (χ0v) is 22.7. The molecular weight excluding hydrogens is 490 g/mol. The molecule has 10 nitrogen and oxygen atoms in total. The summed E-state index contributed by atoms with van der Waals surface area (Å²) in [6.07, 6.45) is 3.82. The predicted molar refractivity (Wildman–Crippen MR) is 155 cm³/mol. The Bertz CT molecular complexity index is 1650. The molecule has 0 atom stereocenters. The lowest BCUT2D eigenvalue weighted by Crippen LogP contribution is -2.44. The Kier molecular flexibility index (Phi) is 6.26. The highest BCUT2D eigenvalue weighted by atomic mass is 16.1. The van der Waals surface area contributed by atoms with Crippen LogP contribution in [0.15, 0.2) is 48.8 Å². The van der Waals surface area contributed by atoms with Crippen LogP contribution in [0.1, 0.15) is 27.2 Å². The van der Waals surface area contributed by atoms with E-state index in [0.29, 0.717) is 23.6 Å². The topological polar surface area (TPSA) is 119 Å². The minimum atomic E-state index is -0.0959. The van der Waals surface area contributed by atoms with Gasteiger partial charge in [-0.2, -0.15) is 5.10 Å². The highest BCUT2D eigenvalue weighted by molar-refractivity contribution is 5.95. The second-order valence-corrected chi connectivity index (χ2v) is 11.5. The molecule has 0 spiro atoms. The van der Waals surface area contributed by atoms with Crippen molar-refractivity contribution in [1.82, 2.24) is 35.0 Å². The van der Waals surface area contributed by atoms with E-state index in [1.807, 2.05) is 45.0 Å². The molecule has 3 N–H and O–H groups in total. The average Bonchev–Trinajstić information content (AvgIpc) is 3.52. The number of anilines is 2. The van der Waals surface area contributed by atoms with Gasteiger partial charge < -0.3 is 20.1 Å². The number of imidazole rings is 1. The first-order valence-electron chi connectivity index (χ1n) is 13.3. The van der Waals surface area contributed by atoms with Gasteiger partial charge in [-0.1, -0.05) is 26.8 Å². The van der Waals surface area contributed by atoms with Gasteiger partial charge in [0.1, 0.15) is 11.0 Å². The molecule has 1 aliphatic heterocycles. The number of nitrogens with zero attached hydrogens (tertiary/aromatic N) is 6. The van der Waals surface area contributed by atoms with Crippen molar-refractivity contribution in [3.63, 3.8) is 0 Å². The monoisotopic (exact) mass is 523 g/mol. The Morgan fingerprint density at radius 3 is 2.62 bits per heavy atom. The van der Waals surface area contributed by atoms with Gasteiger partial charge in [0.05, 0.1) is 34.3 Å². The molecule has 10 heteroatoms. The number of fused-ring (bicyclic) bond motifs is 2. The van der Waals surface area contributed by atoms with Crippen LogP contribution in [0.3, 0.4) is 0 Å². The number of aromatic amines is 2. The average molecular weight is 524 g/mol. The van der Waals surface area contributed by atoms with E-state index in [2.05, 4.69) is 54.5 Å². The maximum absolute atomic E-state index is 12.4. The van der Waals surface area contributed by atoms with Gasteiger partial charge >= 0.3 is 0 Å². The number of H-pyrrole nitrogens is 2. The number of pyridine rings is 2. The van der Waals surface area contributed by atoms with Crippen LogP contribution in [0.4, 0.5) is 11.4 Å². The van der Waals surface area contributed by atoms with Crippen LogP contribution in [0.25, 0.3) is 44.8 Å². The fourth-order valence-corrected chi connectivity index (χ4v) is 4.99. The Balaban J connectivity index is 1.32. The molecule has 1 aliphatic rings. The smallest absolute Gasteiger partial charge is 0.224 e. The van der Waals surface area contributed by atoms with E-state index in [4.69, 9.17) is 9.97 Å². The van der Waals surface area contributed by atoms with Crippen LogP contribution in [0, 0.1) is 5.41 Å². The number of carbonyl (C=O) groups is 1. The zero-order valence-electron chi connectivity index (χ0n) is 22.7. The maximum Gasteiger partial charge on any atom is 0.224 e. The van der Waals surface area contributed by atoms with Crippen LogP contribution in [0.5, 0.6) is 0 Å². The van der Waals surface area contributed by atoms with Crippen LogP contribution >= 0.6 is 0 Å². The molecule has 0 radical (unpaired) electrons. The molecule has 39 heavy (non-hydrogen) atoms. The number of likely N-dealkylation sites (N-methyl/N-ethyl adjacent to an activating group) is 1. The first kappa shape index (κ1) is 25.0. The fourth-order valence-electron chi connectivity index (χ4n) is 4.99. The molecular formula is C29H33N9O. The van der Waals surface area contributed by atoms with Gasteiger partial charge in [-0.25, -0.2) is 9.97 Å². The number of rotatable bonds is 5.